The molecule has 0 saturated carbocycles. The van der Waals surface area contributed by atoms with Crippen molar-refractivity contribution in [1.29, 1.82) is 0 Å². The highest BCUT2D eigenvalue weighted by Gasteiger charge is 2.12. The third kappa shape index (κ3) is 4.37. The third-order valence-corrected chi connectivity index (χ3v) is 2.76. The Morgan fingerprint density at radius 3 is 2.53 bits per heavy atom. The van der Waals surface area contributed by atoms with Gasteiger partial charge in [0.2, 0.25) is 5.91 Å². The van der Waals surface area contributed by atoms with Crippen molar-refractivity contribution >= 4 is 17.5 Å². The molecule has 0 atom stereocenters. The van der Waals surface area contributed by atoms with Crippen LogP contribution in [0.5, 0.6) is 0 Å². The number of hydrogen-bond acceptors (Lipinski definition) is 3. The Hall–Kier alpha value is -1.88. The predicted octanol–water partition coefficient (Wildman–Crippen LogP) is 1.24. The van der Waals surface area contributed by atoms with Gasteiger partial charge in [-0.05, 0) is 31.7 Å². The number of carbonyl (C=O) groups excluding carboxylic acids is 2. The number of benzene rings is 1. The van der Waals surface area contributed by atoms with E-state index in [0.29, 0.717) is 24.2 Å². The first-order valence-corrected chi connectivity index (χ1v) is 6.22. The highest BCUT2D eigenvalue weighted by molar-refractivity contribution is 5.98. The highest BCUT2D eigenvalue weighted by Crippen LogP contribution is 2.16. The van der Waals surface area contributed by atoms with Crippen LogP contribution in [0.25, 0.3) is 0 Å². The second-order valence-corrected chi connectivity index (χ2v) is 4.63. The molecule has 0 aromatic heterocycles. The smallest absolute Gasteiger partial charge is 0.253 e. The summed E-state index contributed by atoms with van der Waals surface area (Å²) in [7, 11) is 5.22. The normalized spacial score (nSPS) is 10.1. The molecule has 1 aromatic rings. The molecule has 0 unspecified atom stereocenters. The van der Waals surface area contributed by atoms with E-state index in [1.807, 2.05) is 13.0 Å². The second kappa shape index (κ2) is 6.89. The monoisotopic (exact) mass is 263 g/mol. The van der Waals surface area contributed by atoms with Gasteiger partial charge in [0.15, 0.2) is 0 Å². The summed E-state index contributed by atoms with van der Waals surface area (Å²) in [6, 6.07) is 5.36. The Kier molecular flexibility index (Phi) is 5.51. The van der Waals surface area contributed by atoms with Crippen molar-refractivity contribution in [2.75, 3.05) is 33.0 Å². The molecule has 19 heavy (non-hydrogen) atoms. The summed E-state index contributed by atoms with van der Waals surface area (Å²) in [6.07, 6.45) is 0.404. The summed E-state index contributed by atoms with van der Waals surface area (Å²) in [5, 5.41) is 5.70. The molecule has 2 amide bonds. The first-order chi connectivity index (χ1) is 8.95. The summed E-state index contributed by atoms with van der Waals surface area (Å²) in [4.78, 5) is 25.1. The SMILES string of the molecule is CNCCC(=O)Nc1ccc(C)c(C(=O)N(C)C)c1. The maximum Gasteiger partial charge on any atom is 0.253 e. The van der Waals surface area contributed by atoms with Gasteiger partial charge in [-0.1, -0.05) is 6.07 Å². The van der Waals surface area contributed by atoms with Crippen LogP contribution in [0, 0.1) is 6.92 Å². The van der Waals surface area contributed by atoms with E-state index in [0.717, 1.165) is 5.56 Å². The summed E-state index contributed by atoms with van der Waals surface area (Å²) < 4.78 is 0. The molecule has 1 rings (SSSR count). The van der Waals surface area contributed by atoms with Crippen molar-refractivity contribution < 1.29 is 9.59 Å². The van der Waals surface area contributed by atoms with Crippen molar-refractivity contribution in [2.24, 2.45) is 0 Å². The molecule has 0 bridgehead atoms. The van der Waals surface area contributed by atoms with Crippen LogP contribution in [0.2, 0.25) is 0 Å². The van der Waals surface area contributed by atoms with Crippen LogP contribution in [0.1, 0.15) is 22.3 Å². The van der Waals surface area contributed by atoms with E-state index in [2.05, 4.69) is 10.6 Å². The summed E-state index contributed by atoms with van der Waals surface area (Å²) in [5.41, 5.74) is 2.15. The van der Waals surface area contributed by atoms with Crippen LogP contribution in [0.15, 0.2) is 18.2 Å². The molecule has 0 saturated heterocycles. The minimum atomic E-state index is -0.0681. The fourth-order valence-electron chi connectivity index (χ4n) is 1.63. The molecule has 0 aliphatic rings. The average molecular weight is 263 g/mol. The maximum atomic E-state index is 12.0. The number of hydrogen-bond donors (Lipinski definition) is 2. The molecule has 5 nitrogen and oxygen atoms in total. The minimum Gasteiger partial charge on any atom is -0.345 e. The number of nitrogens with zero attached hydrogens (tertiary/aromatic N) is 1. The lowest BCUT2D eigenvalue weighted by Crippen LogP contribution is -2.23. The average Bonchev–Trinajstić information content (AvgIpc) is 2.37. The van der Waals surface area contributed by atoms with E-state index < -0.39 is 0 Å². The number of aryl methyl sites for hydroxylation is 1. The van der Waals surface area contributed by atoms with Gasteiger partial charge in [-0.2, -0.15) is 0 Å². The van der Waals surface area contributed by atoms with E-state index in [-0.39, 0.29) is 11.8 Å². The summed E-state index contributed by atoms with van der Waals surface area (Å²) in [6.45, 7) is 2.50. The van der Waals surface area contributed by atoms with Gasteiger partial charge in [-0.3, -0.25) is 9.59 Å². The van der Waals surface area contributed by atoms with Gasteiger partial charge in [0.25, 0.3) is 5.91 Å². The first kappa shape index (κ1) is 15.2. The molecule has 0 heterocycles. The van der Waals surface area contributed by atoms with E-state index in [4.69, 9.17) is 0 Å². The van der Waals surface area contributed by atoms with Gasteiger partial charge < -0.3 is 15.5 Å². The van der Waals surface area contributed by atoms with Gasteiger partial charge in [0.05, 0.1) is 0 Å². The van der Waals surface area contributed by atoms with Crippen molar-refractivity contribution in [1.82, 2.24) is 10.2 Å². The Morgan fingerprint density at radius 1 is 1.26 bits per heavy atom. The second-order valence-electron chi connectivity index (χ2n) is 4.63. The Balaban J connectivity index is 2.84. The standard InChI is InChI=1S/C14H21N3O2/c1-10-5-6-11(16-13(18)7-8-15-2)9-12(10)14(19)17(3)4/h5-6,9,15H,7-8H2,1-4H3,(H,16,18). The minimum absolute atomic E-state index is 0.0659. The van der Waals surface area contributed by atoms with E-state index in [9.17, 15) is 9.59 Å². The highest BCUT2D eigenvalue weighted by atomic mass is 16.2. The largest absolute Gasteiger partial charge is 0.345 e. The third-order valence-electron chi connectivity index (χ3n) is 2.76. The fraction of sp³-hybridized carbons (Fsp3) is 0.429. The summed E-state index contributed by atoms with van der Waals surface area (Å²) >= 11 is 0. The van der Waals surface area contributed by atoms with Crippen LogP contribution >= 0.6 is 0 Å². The van der Waals surface area contributed by atoms with Gasteiger partial charge in [-0.15, -0.1) is 0 Å². The fourth-order valence-corrected chi connectivity index (χ4v) is 1.63. The van der Waals surface area contributed by atoms with Crippen LogP contribution in [0.4, 0.5) is 5.69 Å². The molecular weight excluding hydrogens is 242 g/mol. The molecular formula is C14H21N3O2. The molecule has 0 radical (unpaired) electrons. The quantitative estimate of drug-likeness (QED) is 0.840. The van der Waals surface area contributed by atoms with Crippen molar-refractivity contribution in [2.45, 2.75) is 13.3 Å². The molecule has 0 aliphatic heterocycles. The molecule has 1 aromatic carbocycles. The number of anilines is 1. The van der Waals surface area contributed by atoms with Crippen LogP contribution < -0.4 is 10.6 Å². The van der Waals surface area contributed by atoms with E-state index >= 15 is 0 Å². The number of nitrogens with one attached hydrogen (secondary N) is 2. The zero-order chi connectivity index (χ0) is 14.4. The Bertz CT molecular complexity index is 470. The van der Waals surface area contributed by atoms with E-state index in [1.54, 1.807) is 33.3 Å². The zero-order valence-corrected chi connectivity index (χ0v) is 11.9. The van der Waals surface area contributed by atoms with Crippen LogP contribution in [-0.4, -0.2) is 44.4 Å². The van der Waals surface area contributed by atoms with Gasteiger partial charge in [0, 0.05) is 38.3 Å². The number of amides is 2. The molecule has 0 fully saturated rings. The maximum absolute atomic E-state index is 12.0. The van der Waals surface area contributed by atoms with Crippen molar-refractivity contribution in [3.05, 3.63) is 29.3 Å². The van der Waals surface area contributed by atoms with Gasteiger partial charge in [0.1, 0.15) is 0 Å². The molecule has 5 heteroatoms. The van der Waals surface area contributed by atoms with Gasteiger partial charge >= 0.3 is 0 Å². The lowest BCUT2D eigenvalue weighted by atomic mass is 10.1. The van der Waals surface area contributed by atoms with E-state index in [1.165, 1.54) is 4.90 Å². The van der Waals surface area contributed by atoms with Crippen LogP contribution in [-0.2, 0) is 4.79 Å². The first-order valence-electron chi connectivity index (χ1n) is 6.22. The molecule has 0 spiro atoms. The van der Waals surface area contributed by atoms with Crippen LogP contribution in [0.3, 0.4) is 0 Å². The molecule has 0 aliphatic carbocycles. The zero-order valence-electron chi connectivity index (χ0n) is 11.9. The predicted molar refractivity (Wildman–Crippen MR) is 76.4 cm³/mol. The number of rotatable bonds is 5. The Labute approximate surface area is 114 Å². The lowest BCUT2D eigenvalue weighted by molar-refractivity contribution is -0.116. The van der Waals surface area contributed by atoms with Crippen molar-refractivity contribution in [3.8, 4) is 0 Å². The lowest BCUT2D eigenvalue weighted by Gasteiger charge is -2.14. The molecule has 2 N–H and O–H groups in total. The van der Waals surface area contributed by atoms with Gasteiger partial charge in [-0.25, -0.2) is 0 Å². The topological polar surface area (TPSA) is 61.4 Å². The number of carbonyl (C=O) groups is 2. The van der Waals surface area contributed by atoms with Crippen molar-refractivity contribution in [3.63, 3.8) is 0 Å². The Morgan fingerprint density at radius 2 is 1.95 bits per heavy atom. The molecule has 104 valence electrons. The summed E-state index contributed by atoms with van der Waals surface area (Å²) in [5.74, 6) is -0.134.